The number of carbonyl (C=O) groups excluding carboxylic acids is 1. The Morgan fingerprint density at radius 3 is 2.42 bits per heavy atom. The van der Waals surface area contributed by atoms with Gasteiger partial charge in [0.25, 0.3) is 0 Å². The van der Waals surface area contributed by atoms with Crippen LogP contribution in [0.4, 0.5) is 0 Å². The van der Waals surface area contributed by atoms with E-state index in [2.05, 4.69) is 48.6 Å². The van der Waals surface area contributed by atoms with E-state index in [0.717, 1.165) is 20.3 Å². The second-order valence-electron chi connectivity index (χ2n) is 4.96. The predicted molar refractivity (Wildman–Crippen MR) is 87.8 cm³/mol. The molecule has 2 rings (SSSR count). The number of halogens is 1. The van der Waals surface area contributed by atoms with Crippen molar-refractivity contribution in [1.82, 2.24) is 0 Å². The molecule has 0 aromatic heterocycles. The fraction of sp³-hybridized carbons (Fsp3) is 0.235. The van der Waals surface area contributed by atoms with E-state index in [1.54, 1.807) is 0 Å². The lowest BCUT2D eigenvalue weighted by Crippen LogP contribution is -2.07. The molecule has 0 spiro atoms. The molecule has 0 saturated heterocycles. The maximum Gasteiger partial charge on any atom is 0.168 e. The van der Waals surface area contributed by atoms with Crippen molar-refractivity contribution in [3.63, 3.8) is 0 Å². The van der Waals surface area contributed by atoms with Crippen LogP contribution in [-0.4, -0.2) is 5.78 Å². The van der Waals surface area contributed by atoms with Crippen molar-refractivity contribution in [3.05, 3.63) is 67.8 Å². The maximum atomic E-state index is 12.4. The van der Waals surface area contributed by atoms with Crippen LogP contribution in [0.3, 0.4) is 0 Å². The minimum atomic E-state index is 0.191. The summed E-state index contributed by atoms with van der Waals surface area (Å²) in [4.78, 5) is 12.4. The summed E-state index contributed by atoms with van der Waals surface area (Å²) in [5, 5.41) is 0. The van der Waals surface area contributed by atoms with Gasteiger partial charge in [-0.3, -0.25) is 4.79 Å². The topological polar surface area (TPSA) is 17.1 Å². The summed E-state index contributed by atoms with van der Waals surface area (Å²) in [5.74, 6) is 0.191. The molecule has 0 amide bonds. The average molecular weight is 364 g/mol. The van der Waals surface area contributed by atoms with Crippen molar-refractivity contribution in [1.29, 1.82) is 0 Å². The summed E-state index contributed by atoms with van der Waals surface area (Å²) in [5.41, 5.74) is 5.58. The number of carbonyl (C=O) groups is 1. The molecule has 0 aliphatic carbocycles. The first-order valence-electron chi connectivity index (χ1n) is 6.33. The van der Waals surface area contributed by atoms with E-state index in [4.69, 9.17) is 0 Å². The van der Waals surface area contributed by atoms with Crippen LogP contribution in [0.25, 0.3) is 0 Å². The number of rotatable bonds is 3. The molecule has 0 atom stereocenters. The zero-order valence-corrected chi connectivity index (χ0v) is 13.6. The standard InChI is InChI=1S/C17H17IO/c1-11-7-8-14(9-13(11)3)10-16(19)15-6-4-5-12(2)17(15)18/h4-9H,10H2,1-3H3. The van der Waals surface area contributed by atoms with Crippen LogP contribution in [0.15, 0.2) is 36.4 Å². The number of hydrogen-bond donors (Lipinski definition) is 0. The van der Waals surface area contributed by atoms with E-state index in [9.17, 15) is 4.79 Å². The lowest BCUT2D eigenvalue weighted by Gasteiger charge is -2.08. The summed E-state index contributed by atoms with van der Waals surface area (Å²) in [6.45, 7) is 6.21. The van der Waals surface area contributed by atoms with Gasteiger partial charge in [-0.05, 0) is 65.6 Å². The Bertz CT molecular complexity index is 629. The zero-order chi connectivity index (χ0) is 14.0. The van der Waals surface area contributed by atoms with Crippen molar-refractivity contribution < 1.29 is 4.79 Å². The van der Waals surface area contributed by atoms with Crippen LogP contribution in [0.5, 0.6) is 0 Å². The third-order valence-electron chi connectivity index (χ3n) is 3.43. The monoisotopic (exact) mass is 364 g/mol. The lowest BCUT2D eigenvalue weighted by molar-refractivity contribution is 0.0992. The molecular weight excluding hydrogens is 347 g/mol. The lowest BCUT2D eigenvalue weighted by atomic mass is 9.99. The van der Waals surface area contributed by atoms with Gasteiger partial charge in [-0.1, -0.05) is 36.4 Å². The first kappa shape index (κ1) is 14.3. The van der Waals surface area contributed by atoms with Crippen molar-refractivity contribution in [2.24, 2.45) is 0 Å². The van der Waals surface area contributed by atoms with Gasteiger partial charge < -0.3 is 0 Å². The highest BCUT2D eigenvalue weighted by Gasteiger charge is 2.12. The Kier molecular flexibility index (Phi) is 4.40. The first-order chi connectivity index (χ1) is 8.99. The minimum Gasteiger partial charge on any atom is -0.294 e. The predicted octanol–water partition coefficient (Wildman–Crippen LogP) is 4.64. The van der Waals surface area contributed by atoms with Gasteiger partial charge in [0.1, 0.15) is 0 Å². The molecule has 0 fully saturated rings. The van der Waals surface area contributed by atoms with Crippen molar-refractivity contribution in [2.45, 2.75) is 27.2 Å². The highest BCUT2D eigenvalue weighted by Crippen LogP contribution is 2.19. The number of Topliss-reactive ketones (excluding diaryl/α,β-unsaturated/α-hetero) is 1. The maximum absolute atomic E-state index is 12.4. The summed E-state index contributed by atoms with van der Waals surface area (Å²) < 4.78 is 1.06. The quantitative estimate of drug-likeness (QED) is 0.573. The van der Waals surface area contributed by atoms with Crippen LogP contribution in [0.1, 0.15) is 32.6 Å². The molecule has 2 heteroatoms. The molecule has 0 bridgehead atoms. The third-order valence-corrected chi connectivity index (χ3v) is 4.86. The third kappa shape index (κ3) is 3.24. The second kappa shape index (κ2) is 5.87. The van der Waals surface area contributed by atoms with Gasteiger partial charge in [-0.15, -0.1) is 0 Å². The molecule has 0 saturated carbocycles. The van der Waals surface area contributed by atoms with Crippen LogP contribution in [0, 0.1) is 24.3 Å². The first-order valence-corrected chi connectivity index (χ1v) is 7.41. The smallest absolute Gasteiger partial charge is 0.168 e. The van der Waals surface area contributed by atoms with Crippen LogP contribution in [0.2, 0.25) is 0 Å². The van der Waals surface area contributed by atoms with Crippen molar-refractivity contribution in [3.8, 4) is 0 Å². The van der Waals surface area contributed by atoms with Gasteiger partial charge in [-0.2, -0.15) is 0 Å². The summed E-state index contributed by atoms with van der Waals surface area (Å²) in [6.07, 6.45) is 0.473. The molecule has 0 aliphatic rings. The Labute approximate surface area is 128 Å². The van der Waals surface area contributed by atoms with Gasteiger partial charge in [0.15, 0.2) is 5.78 Å². The van der Waals surface area contributed by atoms with Gasteiger partial charge in [0.2, 0.25) is 0 Å². The molecule has 2 aromatic rings. The number of ketones is 1. The molecule has 0 heterocycles. The normalized spacial score (nSPS) is 10.5. The van der Waals surface area contributed by atoms with Crippen molar-refractivity contribution in [2.75, 3.05) is 0 Å². The van der Waals surface area contributed by atoms with E-state index in [0.29, 0.717) is 6.42 Å². The summed E-state index contributed by atoms with van der Waals surface area (Å²) >= 11 is 2.25. The molecule has 0 N–H and O–H groups in total. The van der Waals surface area contributed by atoms with Crippen LogP contribution in [-0.2, 0) is 6.42 Å². The molecule has 19 heavy (non-hydrogen) atoms. The van der Waals surface area contributed by atoms with E-state index in [1.807, 2.05) is 31.2 Å². The van der Waals surface area contributed by atoms with E-state index >= 15 is 0 Å². The highest BCUT2D eigenvalue weighted by molar-refractivity contribution is 14.1. The summed E-state index contributed by atoms with van der Waals surface area (Å²) in [6, 6.07) is 12.1. The largest absolute Gasteiger partial charge is 0.294 e. The molecule has 0 unspecified atom stereocenters. The second-order valence-corrected chi connectivity index (χ2v) is 6.03. The SMILES string of the molecule is Cc1ccc(CC(=O)c2cccc(C)c2I)cc1C. The fourth-order valence-electron chi connectivity index (χ4n) is 2.06. The number of benzene rings is 2. The van der Waals surface area contributed by atoms with E-state index < -0.39 is 0 Å². The summed E-state index contributed by atoms with van der Waals surface area (Å²) in [7, 11) is 0. The van der Waals surface area contributed by atoms with Gasteiger partial charge in [0.05, 0.1) is 0 Å². The Morgan fingerprint density at radius 1 is 1.00 bits per heavy atom. The Hall–Kier alpha value is -1.16. The number of aryl methyl sites for hydroxylation is 3. The van der Waals surface area contributed by atoms with E-state index in [-0.39, 0.29) is 5.78 Å². The molecule has 1 nitrogen and oxygen atoms in total. The van der Waals surface area contributed by atoms with Gasteiger partial charge in [0, 0.05) is 15.6 Å². The van der Waals surface area contributed by atoms with Crippen molar-refractivity contribution >= 4 is 28.4 Å². The minimum absolute atomic E-state index is 0.191. The average Bonchev–Trinajstić information content (AvgIpc) is 2.37. The Morgan fingerprint density at radius 2 is 1.74 bits per heavy atom. The molecule has 2 aromatic carbocycles. The van der Waals surface area contributed by atoms with Gasteiger partial charge in [-0.25, -0.2) is 0 Å². The fourth-order valence-corrected chi connectivity index (χ4v) is 2.72. The number of hydrogen-bond acceptors (Lipinski definition) is 1. The Balaban J connectivity index is 2.26. The molecule has 0 aliphatic heterocycles. The molecule has 0 radical (unpaired) electrons. The molecular formula is C17H17IO. The highest BCUT2D eigenvalue weighted by atomic mass is 127. The van der Waals surface area contributed by atoms with Crippen LogP contribution < -0.4 is 0 Å². The van der Waals surface area contributed by atoms with Gasteiger partial charge >= 0.3 is 0 Å². The molecule has 98 valence electrons. The zero-order valence-electron chi connectivity index (χ0n) is 11.5. The van der Waals surface area contributed by atoms with Crippen LogP contribution >= 0.6 is 22.6 Å². The van der Waals surface area contributed by atoms with E-state index in [1.165, 1.54) is 11.1 Å².